The molecule has 2 heteroatoms. The molecule has 0 saturated heterocycles. The van der Waals surface area contributed by atoms with Gasteiger partial charge in [0.25, 0.3) is 0 Å². The summed E-state index contributed by atoms with van der Waals surface area (Å²) < 4.78 is 5.57. The molecule has 1 fully saturated rings. The van der Waals surface area contributed by atoms with E-state index in [2.05, 4.69) is 58.1 Å². The third-order valence-electron chi connectivity index (χ3n) is 6.18. The first-order chi connectivity index (χ1) is 9.89. The van der Waals surface area contributed by atoms with E-state index in [0.29, 0.717) is 22.8 Å². The fourth-order valence-corrected chi connectivity index (χ4v) is 4.19. The van der Waals surface area contributed by atoms with E-state index in [-0.39, 0.29) is 0 Å². The second kappa shape index (κ2) is 5.10. The summed E-state index contributed by atoms with van der Waals surface area (Å²) in [5.74, 6) is 0.692. The average Bonchev–Trinajstić information content (AvgIpc) is 2.81. The summed E-state index contributed by atoms with van der Waals surface area (Å²) in [5, 5.41) is 3.81. The predicted octanol–water partition coefficient (Wildman–Crippen LogP) is 4.44. The molecule has 0 amide bonds. The first-order valence-electron chi connectivity index (χ1n) is 8.32. The fraction of sp³-hybridized carbons (Fsp3) is 0.684. The van der Waals surface area contributed by atoms with Crippen molar-refractivity contribution in [3.63, 3.8) is 0 Å². The van der Waals surface area contributed by atoms with Gasteiger partial charge in [0, 0.05) is 6.04 Å². The molecule has 2 aliphatic rings. The summed E-state index contributed by atoms with van der Waals surface area (Å²) >= 11 is 0. The molecule has 1 unspecified atom stereocenters. The van der Waals surface area contributed by atoms with E-state index in [9.17, 15) is 0 Å². The minimum Gasteiger partial charge on any atom is -0.372 e. The Balaban J connectivity index is 1.90. The highest BCUT2D eigenvalue weighted by Gasteiger charge is 2.67. The van der Waals surface area contributed by atoms with Gasteiger partial charge in [0.2, 0.25) is 0 Å². The molecule has 1 aliphatic carbocycles. The molecule has 1 heterocycles. The van der Waals surface area contributed by atoms with Crippen molar-refractivity contribution in [2.45, 2.75) is 60.3 Å². The minimum absolute atomic E-state index is 0.397. The van der Waals surface area contributed by atoms with Gasteiger partial charge in [-0.2, -0.15) is 0 Å². The van der Waals surface area contributed by atoms with Crippen LogP contribution in [0.3, 0.4) is 0 Å². The Bertz CT molecular complexity index is 518. The van der Waals surface area contributed by atoms with E-state index in [1.54, 1.807) is 0 Å². The Morgan fingerprint density at radius 2 is 1.81 bits per heavy atom. The number of nitrogens with one attached hydrogen (secondary N) is 1. The van der Waals surface area contributed by atoms with Crippen LogP contribution < -0.4 is 5.32 Å². The van der Waals surface area contributed by atoms with Gasteiger partial charge in [-0.25, -0.2) is 0 Å². The largest absolute Gasteiger partial charge is 0.372 e. The molecule has 1 atom stereocenters. The zero-order chi connectivity index (χ0) is 15.3. The molecular weight excluding hydrogens is 258 g/mol. The average molecular weight is 287 g/mol. The summed E-state index contributed by atoms with van der Waals surface area (Å²) in [6, 6.07) is 7.41. The summed E-state index contributed by atoms with van der Waals surface area (Å²) in [6.45, 7) is 14.5. The molecule has 0 bridgehead atoms. The van der Waals surface area contributed by atoms with Crippen LogP contribution >= 0.6 is 0 Å². The normalized spacial score (nSPS) is 23.9. The summed E-state index contributed by atoms with van der Waals surface area (Å²) in [6.07, 6.45) is 1.18. The number of hydrogen-bond acceptors (Lipinski definition) is 2. The van der Waals surface area contributed by atoms with Crippen LogP contribution in [0, 0.1) is 16.7 Å². The third kappa shape index (κ3) is 2.33. The van der Waals surface area contributed by atoms with Crippen molar-refractivity contribution in [2.75, 3.05) is 6.54 Å². The Hall–Kier alpha value is -0.860. The molecule has 0 radical (unpaired) electrons. The van der Waals surface area contributed by atoms with Gasteiger partial charge in [-0.05, 0) is 46.4 Å². The number of rotatable bonds is 5. The Morgan fingerprint density at radius 3 is 2.43 bits per heavy atom. The highest BCUT2D eigenvalue weighted by Crippen LogP contribution is 2.72. The lowest BCUT2D eigenvalue weighted by atomic mass is 9.94. The van der Waals surface area contributed by atoms with Gasteiger partial charge in [-0.1, -0.05) is 52.8 Å². The van der Waals surface area contributed by atoms with Crippen LogP contribution in [0.2, 0.25) is 0 Å². The molecule has 1 saturated carbocycles. The van der Waals surface area contributed by atoms with Gasteiger partial charge < -0.3 is 10.1 Å². The summed E-state index contributed by atoms with van der Waals surface area (Å²) in [4.78, 5) is 0. The monoisotopic (exact) mass is 287 g/mol. The van der Waals surface area contributed by atoms with E-state index in [1.165, 1.54) is 23.1 Å². The first kappa shape index (κ1) is 15.1. The molecule has 1 N–H and O–H groups in total. The molecule has 2 nitrogen and oxygen atoms in total. The van der Waals surface area contributed by atoms with Crippen molar-refractivity contribution in [1.82, 2.24) is 5.32 Å². The quantitative estimate of drug-likeness (QED) is 0.864. The van der Waals surface area contributed by atoms with Gasteiger partial charge in [-0.15, -0.1) is 0 Å². The lowest BCUT2D eigenvalue weighted by molar-refractivity contribution is 0.134. The van der Waals surface area contributed by atoms with Crippen molar-refractivity contribution in [1.29, 1.82) is 0 Å². The standard InChI is InChI=1S/C19H29NO/c1-6-9-20-16(17-18(2,3)19(17,4)5)13-7-8-14-11-21-12-15(14)10-13/h7-8,10,16-17,20H,6,9,11-12H2,1-5H3. The molecular formula is C19H29NO. The van der Waals surface area contributed by atoms with Crippen LogP contribution in [-0.4, -0.2) is 6.54 Å². The highest BCUT2D eigenvalue weighted by molar-refractivity contribution is 5.36. The van der Waals surface area contributed by atoms with Gasteiger partial charge in [0.1, 0.15) is 0 Å². The topological polar surface area (TPSA) is 21.3 Å². The van der Waals surface area contributed by atoms with Crippen molar-refractivity contribution in [3.05, 3.63) is 34.9 Å². The van der Waals surface area contributed by atoms with E-state index < -0.39 is 0 Å². The predicted molar refractivity (Wildman–Crippen MR) is 87.0 cm³/mol. The van der Waals surface area contributed by atoms with Gasteiger partial charge >= 0.3 is 0 Å². The second-order valence-corrected chi connectivity index (χ2v) is 7.87. The lowest BCUT2D eigenvalue weighted by Crippen LogP contribution is -2.26. The van der Waals surface area contributed by atoms with E-state index in [4.69, 9.17) is 4.74 Å². The lowest BCUT2D eigenvalue weighted by Gasteiger charge is -2.22. The number of ether oxygens (including phenoxy) is 1. The fourth-order valence-electron chi connectivity index (χ4n) is 4.19. The van der Waals surface area contributed by atoms with E-state index in [0.717, 1.165) is 19.8 Å². The van der Waals surface area contributed by atoms with Crippen LogP contribution in [0.15, 0.2) is 18.2 Å². The summed E-state index contributed by atoms with van der Waals surface area (Å²) in [5.41, 5.74) is 4.98. The Kier molecular flexibility index (Phi) is 3.66. The first-order valence-corrected chi connectivity index (χ1v) is 8.32. The van der Waals surface area contributed by atoms with E-state index >= 15 is 0 Å². The van der Waals surface area contributed by atoms with Crippen molar-refractivity contribution < 1.29 is 4.74 Å². The van der Waals surface area contributed by atoms with Gasteiger partial charge in [0.15, 0.2) is 0 Å². The van der Waals surface area contributed by atoms with Gasteiger partial charge in [0.05, 0.1) is 13.2 Å². The molecule has 1 aromatic carbocycles. The van der Waals surface area contributed by atoms with Crippen molar-refractivity contribution in [3.8, 4) is 0 Å². The van der Waals surface area contributed by atoms with Crippen LogP contribution in [0.25, 0.3) is 0 Å². The second-order valence-electron chi connectivity index (χ2n) is 7.87. The summed E-state index contributed by atoms with van der Waals surface area (Å²) in [7, 11) is 0. The molecule has 0 spiro atoms. The van der Waals surface area contributed by atoms with Crippen molar-refractivity contribution in [2.24, 2.45) is 16.7 Å². The SMILES string of the molecule is CCCNC(c1ccc2c(c1)COC2)C1C(C)(C)C1(C)C. The van der Waals surface area contributed by atoms with Crippen LogP contribution in [0.4, 0.5) is 0 Å². The third-order valence-corrected chi connectivity index (χ3v) is 6.18. The number of benzene rings is 1. The maximum Gasteiger partial charge on any atom is 0.0725 e. The van der Waals surface area contributed by atoms with Crippen LogP contribution in [0.5, 0.6) is 0 Å². The van der Waals surface area contributed by atoms with Gasteiger partial charge in [-0.3, -0.25) is 0 Å². The molecule has 21 heavy (non-hydrogen) atoms. The molecule has 1 aliphatic heterocycles. The maximum atomic E-state index is 5.57. The van der Waals surface area contributed by atoms with Crippen molar-refractivity contribution >= 4 is 0 Å². The highest BCUT2D eigenvalue weighted by atomic mass is 16.5. The van der Waals surface area contributed by atoms with E-state index in [1.807, 2.05) is 0 Å². The Morgan fingerprint density at radius 1 is 1.14 bits per heavy atom. The maximum absolute atomic E-state index is 5.57. The Labute approximate surface area is 129 Å². The zero-order valence-corrected chi connectivity index (χ0v) is 14.1. The number of hydrogen-bond donors (Lipinski definition) is 1. The smallest absolute Gasteiger partial charge is 0.0725 e. The molecule has 116 valence electrons. The zero-order valence-electron chi connectivity index (χ0n) is 14.1. The van der Waals surface area contributed by atoms with Crippen LogP contribution in [-0.2, 0) is 18.0 Å². The minimum atomic E-state index is 0.397. The molecule has 0 aromatic heterocycles. The van der Waals surface area contributed by atoms with Crippen LogP contribution in [0.1, 0.15) is 63.8 Å². The number of fused-ring (bicyclic) bond motifs is 1. The molecule has 3 rings (SSSR count). The molecule has 1 aromatic rings.